The molecule has 5 rings (SSSR count). The lowest BCUT2D eigenvalue weighted by atomic mass is 9.91. The average Bonchev–Trinajstić information content (AvgIpc) is 3.25. The molecule has 0 radical (unpaired) electrons. The number of nitrogens with zero attached hydrogens (tertiary/aromatic N) is 2. The molecule has 5 aromatic rings. The van der Waals surface area contributed by atoms with Gasteiger partial charge in [0.25, 0.3) is 0 Å². The van der Waals surface area contributed by atoms with Crippen molar-refractivity contribution < 1.29 is 17.2 Å². The van der Waals surface area contributed by atoms with Crippen LogP contribution >= 0.6 is 0 Å². The van der Waals surface area contributed by atoms with Gasteiger partial charge >= 0.3 is 0 Å². The third-order valence-electron chi connectivity index (χ3n) is 6.53. The van der Waals surface area contributed by atoms with E-state index in [2.05, 4.69) is 53.7 Å². The Labute approximate surface area is 210 Å². The number of rotatable bonds is 3. The first-order valence-electron chi connectivity index (χ1n) is 14.6. The van der Waals surface area contributed by atoms with E-state index in [4.69, 9.17) is 12.6 Å². The Morgan fingerprint density at radius 2 is 1.71 bits per heavy atom. The first kappa shape index (κ1) is 16.2. The molecule has 0 saturated heterocycles. The highest BCUT2D eigenvalue weighted by atomic mass is 16.3. The minimum atomic E-state index is -2.80. The second-order valence-corrected chi connectivity index (χ2v) is 9.57. The van der Waals surface area contributed by atoms with E-state index in [0.717, 1.165) is 33.3 Å². The van der Waals surface area contributed by atoms with Crippen LogP contribution in [0.25, 0.3) is 44.5 Å². The molecule has 3 aromatic heterocycles. The van der Waals surface area contributed by atoms with Gasteiger partial charge in [-0.2, -0.15) is 0 Å². The molecule has 0 aliphatic carbocycles. The van der Waals surface area contributed by atoms with Crippen molar-refractivity contribution in [3.05, 3.63) is 83.7 Å². The molecular formula is C31H33N2O+. The fourth-order valence-electron chi connectivity index (χ4n) is 4.60. The van der Waals surface area contributed by atoms with Gasteiger partial charge in [0.15, 0.2) is 11.8 Å². The Morgan fingerprint density at radius 1 is 0.971 bits per heavy atom. The summed E-state index contributed by atoms with van der Waals surface area (Å²) in [5, 5.41) is 1.52. The zero-order valence-electron chi connectivity index (χ0n) is 26.2. The summed E-state index contributed by atoms with van der Waals surface area (Å²) in [6.45, 7) is 1.99. The van der Waals surface area contributed by atoms with Gasteiger partial charge in [0.2, 0.25) is 11.4 Å². The van der Waals surface area contributed by atoms with Crippen molar-refractivity contribution in [2.24, 2.45) is 7.05 Å². The van der Waals surface area contributed by atoms with Crippen molar-refractivity contribution in [1.82, 2.24) is 4.98 Å². The zero-order valence-corrected chi connectivity index (χ0v) is 20.2. The van der Waals surface area contributed by atoms with Gasteiger partial charge in [-0.3, -0.25) is 0 Å². The third-order valence-corrected chi connectivity index (χ3v) is 6.53. The van der Waals surface area contributed by atoms with Gasteiger partial charge < -0.3 is 4.42 Å². The summed E-state index contributed by atoms with van der Waals surface area (Å²) in [4.78, 5) is 4.52. The smallest absolute Gasteiger partial charge is 0.227 e. The Morgan fingerprint density at radius 3 is 2.41 bits per heavy atom. The molecule has 0 saturated carbocycles. The molecule has 34 heavy (non-hydrogen) atoms. The van der Waals surface area contributed by atoms with Crippen molar-refractivity contribution in [1.29, 1.82) is 0 Å². The second kappa shape index (κ2) is 8.09. The number of fused-ring (bicyclic) bond motifs is 3. The van der Waals surface area contributed by atoms with Crippen LogP contribution < -0.4 is 4.57 Å². The van der Waals surface area contributed by atoms with Crippen LogP contribution in [0.5, 0.6) is 0 Å². The molecule has 0 bridgehead atoms. The molecule has 0 spiro atoms. The molecule has 0 aliphatic heterocycles. The lowest BCUT2D eigenvalue weighted by Gasteiger charge is -2.16. The molecule has 3 heterocycles. The van der Waals surface area contributed by atoms with Crippen LogP contribution in [0.4, 0.5) is 0 Å². The molecule has 0 unspecified atom stereocenters. The summed E-state index contributed by atoms with van der Waals surface area (Å²) in [6, 6.07) is 19.9. The number of hydrogen-bond donors (Lipinski definition) is 0. The summed E-state index contributed by atoms with van der Waals surface area (Å²) in [6.07, 6.45) is 2.00. The van der Waals surface area contributed by atoms with E-state index in [1.807, 2.05) is 38.4 Å². The van der Waals surface area contributed by atoms with Gasteiger partial charge in [0.05, 0.1) is 11.1 Å². The number of aromatic nitrogens is 2. The highest BCUT2D eigenvalue weighted by Crippen LogP contribution is 2.40. The van der Waals surface area contributed by atoms with Crippen LogP contribution in [-0.2, 0) is 12.5 Å². The fraction of sp³-hybridized carbons (Fsp3) is 0.290. The molecule has 0 aliphatic rings. The van der Waals surface area contributed by atoms with Gasteiger partial charge in [-0.1, -0.05) is 70.9 Å². The molecule has 3 nitrogen and oxygen atoms in total. The molecule has 0 amide bonds. The number of hydrogen-bond acceptors (Lipinski definition) is 2. The maximum absolute atomic E-state index is 8.03. The highest BCUT2D eigenvalue weighted by molar-refractivity contribution is 6.09. The number of benzene rings is 2. The third kappa shape index (κ3) is 3.69. The van der Waals surface area contributed by atoms with Crippen LogP contribution in [0.1, 0.15) is 65.4 Å². The molecule has 172 valence electrons. The maximum Gasteiger partial charge on any atom is 0.227 e. The van der Waals surface area contributed by atoms with E-state index in [1.54, 1.807) is 6.07 Å². The predicted molar refractivity (Wildman–Crippen MR) is 141 cm³/mol. The van der Waals surface area contributed by atoms with E-state index in [1.165, 1.54) is 18.6 Å². The van der Waals surface area contributed by atoms with Crippen LogP contribution in [-0.4, -0.2) is 4.98 Å². The maximum atomic E-state index is 8.03. The van der Waals surface area contributed by atoms with Crippen LogP contribution in [0, 0.1) is 6.92 Å². The van der Waals surface area contributed by atoms with Crippen LogP contribution in [0.3, 0.4) is 0 Å². The largest absolute Gasteiger partial charge is 0.437 e. The van der Waals surface area contributed by atoms with E-state index < -0.39 is 19.1 Å². The van der Waals surface area contributed by atoms with E-state index >= 15 is 0 Å². The highest BCUT2D eigenvalue weighted by Gasteiger charge is 2.26. The summed E-state index contributed by atoms with van der Waals surface area (Å²) < 4.78 is 56.7. The lowest BCUT2D eigenvalue weighted by Crippen LogP contribution is -2.31. The fourth-order valence-corrected chi connectivity index (χ4v) is 4.60. The molecule has 0 fully saturated rings. The van der Waals surface area contributed by atoms with Gasteiger partial charge in [0.1, 0.15) is 7.05 Å². The van der Waals surface area contributed by atoms with Gasteiger partial charge in [0, 0.05) is 36.2 Å². The Bertz CT molecular complexity index is 1720. The Kier molecular flexibility index (Phi) is 3.86. The predicted octanol–water partition coefficient (Wildman–Crippen LogP) is 7.87. The van der Waals surface area contributed by atoms with Gasteiger partial charge in [-0.15, -0.1) is 0 Å². The topological polar surface area (TPSA) is 29.9 Å². The van der Waals surface area contributed by atoms with Crippen molar-refractivity contribution in [2.45, 2.75) is 52.7 Å². The van der Waals surface area contributed by atoms with Crippen molar-refractivity contribution >= 4 is 22.1 Å². The van der Waals surface area contributed by atoms with Crippen molar-refractivity contribution in [3.63, 3.8) is 0 Å². The Hall–Kier alpha value is -3.46. The average molecular weight is 456 g/mol. The number of furan rings is 1. The Balaban J connectivity index is 1.77. The zero-order chi connectivity index (χ0) is 29.2. The van der Waals surface area contributed by atoms with Crippen LogP contribution in [0.2, 0.25) is 0 Å². The van der Waals surface area contributed by atoms with Gasteiger partial charge in [-0.25, -0.2) is 9.55 Å². The second-order valence-electron chi connectivity index (χ2n) is 9.57. The van der Waals surface area contributed by atoms with Crippen molar-refractivity contribution in [3.8, 4) is 22.4 Å². The standard InChI is InChI=1S/C31H33N2O/c1-19(2)21-11-13-22(14-12-21)23-9-8-18-33(7)28(23)27-20(3)10-15-24-25-16-17-26(31(4,5)6)32-30(25)34-29(24)27/h8-19H,1-7H3/q+1/i4D3,5D3. The molecule has 3 heteroatoms. The SMILES string of the molecule is [2H]C([2H])([2H])C(C)(c1ccc2c(n1)oc1c(-c3c(-c4ccc(C(C)C)cc4)ccc[n+]3C)c(C)ccc12)C([2H])([2H])[2H]. The monoisotopic (exact) mass is 455 g/mol. The molecule has 0 N–H and O–H groups in total. The van der Waals surface area contributed by atoms with Crippen molar-refractivity contribution in [2.75, 3.05) is 0 Å². The van der Waals surface area contributed by atoms with Gasteiger partial charge in [-0.05, 0) is 47.7 Å². The summed E-state index contributed by atoms with van der Waals surface area (Å²) in [5.74, 6) is 0.432. The summed E-state index contributed by atoms with van der Waals surface area (Å²) in [7, 11) is 2.00. The number of aryl methyl sites for hydroxylation is 2. The van der Waals surface area contributed by atoms with E-state index in [9.17, 15) is 0 Å². The summed E-state index contributed by atoms with van der Waals surface area (Å²) in [5.41, 5.74) is 4.88. The molecule has 2 aromatic carbocycles. The van der Waals surface area contributed by atoms with Crippen LogP contribution in [0.15, 0.2) is 71.3 Å². The van der Waals surface area contributed by atoms with E-state index in [-0.39, 0.29) is 11.4 Å². The molecule has 0 atom stereocenters. The lowest BCUT2D eigenvalue weighted by molar-refractivity contribution is -0.659. The quantitative estimate of drug-likeness (QED) is 0.259. The minimum absolute atomic E-state index is 0.0477. The first-order valence-corrected chi connectivity index (χ1v) is 11.6. The minimum Gasteiger partial charge on any atom is -0.437 e. The van der Waals surface area contributed by atoms with E-state index in [0.29, 0.717) is 16.9 Å². The number of pyridine rings is 2. The molecular weight excluding hydrogens is 416 g/mol. The first-order chi connectivity index (χ1) is 18.6. The normalized spacial score (nSPS) is 15.6. The summed E-state index contributed by atoms with van der Waals surface area (Å²) >= 11 is 0.